The van der Waals surface area contributed by atoms with Crippen LogP contribution >= 0.6 is 0 Å². The molecule has 0 unspecified atom stereocenters. The summed E-state index contributed by atoms with van der Waals surface area (Å²) in [6.45, 7) is 3.77. The van der Waals surface area contributed by atoms with Crippen LogP contribution in [0.1, 0.15) is 24.4 Å². The van der Waals surface area contributed by atoms with Crippen LogP contribution in [0.3, 0.4) is 0 Å². The van der Waals surface area contributed by atoms with Crippen molar-refractivity contribution in [2.45, 2.75) is 24.9 Å². The predicted molar refractivity (Wildman–Crippen MR) is 73.3 cm³/mol. The molecule has 1 heterocycles. The lowest BCUT2D eigenvalue weighted by atomic mass is 10.0. The zero-order valence-corrected chi connectivity index (χ0v) is 10.9. The number of fused-ring (bicyclic) bond motifs is 1. The lowest BCUT2D eigenvalue weighted by molar-refractivity contribution is -0.135. The molecule has 0 radical (unpaired) electrons. The fourth-order valence-electron chi connectivity index (χ4n) is 3.36. The van der Waals surface area contributed by atoms with E-state index < -0.39 is 0 Å². The van der Waals surface area contributed by atoms with Crippen molar-refractivity contribution < 1.29 is 9.90 Å². The molecule has 1 saturated heterocycles. The maximum atomic E-state index is 12.4. The molecule has 3 rings (SSSR count). The van der Waals surface area contributed by atoms with E-state index >= 15 is 0 Å². The Balaban J connectivity index is 1.90. The van der Waals surface area contributed by atoms with Gasteiger partial charge in [-0.1, -0.05) is 36.4 Å². The van der Waals surface area contributed by atoms with E-state index in [-0.39, 0.29) is 30.5 Å². The van der Waals surface area contributed by atoms with Crippen LogP contribution in [0.4, 0.5) is 0 Å². The van der Waals surface area contributed by atoms with Gasteiger partial charge >= 0.3 is 0 Å². The molecule has 2 aliphatic rings. The van der Waals surface area contributed by atoms with Gasteiger partial charge in [0.1, 0.15) is 0 Å². The quantitative estimate of drug-likeness (QED) is 0.821. The van der Waals surface area contributed by atoms with E-state index in [1.807, 2.05) is 41.3 Å². The third-order valence-corrected chi connectivity index (χ3v) is 4.36. The van der Waals surface area contributed by atoms with Crippen LogP contribution in [0.2, 0.25) is 0 Å². The first-order valence-corrected chi connectivity index (χ1v) is 6.86. The molecule has 19 heavy (non-hydrogen) atoms. The summed E-state index contributed by atoms with van der Waals surface area (Å²) >= 11 is 0. The maximum absolute atomic E-state index is 12.4. The second-order valence-electron chi connectivity index (χ2n) is 5.45. The van der Waals surface area contributed by atoms with Crippen molar-refractivity contribution in [3.63, 3.8) is 0 Å². The third-order valence-electron chi connectivity index (χ3n) is 4.36. The van der Waals surface area contributed by atoms with Crippen LogP contribution in [-0.2, 0) is 4.79 Å². The Hall–Kier alpha value is -1.61. The van der Waals surface area contributed by atoms with Gasteiger partial charge in [-0.05, 0) is 24.3 Å². The highest BCUT2D eigenvalue weighted by molar-refractivity contribution is 5.85. The highest BCUT2D eigenvalue weighted by atomic mass is 16.3. The molecule has 4 atom stereocenters. The van der Waals surface area contributed by atoms with E-state index in [9.17, 15) is 9.90 Å². The van der Waals surface area contributed by atoms with Crippen molar-refractivity contribution in [3.05, 3.63) is 48.6 Å². The van der Waals surface area contributed by atoms with Crippen molar-refractivity contribution in [2.24, 2.45) is 11.8 Å². The molecule has 0 bridgehead atoms. The first-order valence-electron chi connectivity index (χ1n) is 6.86. The molecule has 0 aromatic heterocycles. The average molecular weight is 257 g/mol. The SMILES string of the molecule is C=CC[C@H]1[C@@H]2C[C@@H]2C(=O)N1[C@H](CO)c1ccccc1. The van der Waals surface area contributed by atoms with Gasteiger partial charge < -0.3 is 10.0 Å². The van der Waals surface area contributed by atoms with E-state index in [1.54, 1.807) is 0 Å². The van der Waals surface area contributed by atoms with E-state index in [4.69, 9.17) is 0 Å². The number of likely N-dealkylation sites (tertiary alicyclic amines) is 1. The Kier molecular flexibility index (Phi) is 3.15. The molecule has 1 amide bonds. The van der Waals surface area contributed by atoms with E-state index in [2.05, 4.69) is 6.58 Å². The molecule has 1 aliphatic carbocycles. The highest BCUT2D eigenvalue weighted by Crippen LogP contribution is 2.53. The predicted octanol–water partition coefficient (Wildman–Crippen LogP) is 2.14. The Morgan fingerprint density at radius 2 is 2.16 bits per heavy atom. The number of hydrogen-bond donors (Lipinski definition) is 1. The zero-order chi connectivity index (χ0) is 13.4. The van der Waals surface area contributed by atoms with Crippen molar-refractivity contribution >= 4 is 5.91 Å². The summed E-state index contributed by atoms with van der Waals surface area (Å²) in [5.41, 5.74) is 1.01. The van der Waals surface area contributed by atoms with Crippen molar-refractivity contribution in [1.82, 2.24) is 4.90 Å². The number of nitrogens with zero attached hydrogens (tertiary/aromatic N) is 1. The number of carbonyl (C=O) groups is 1. The normalized spacial score (nSPS) is 30.1. The van der Waals surface area contributed by atoms with Crippen LogP contribution in [-0.4, -0.2) is 28.6 Å². The number of carbonyl (C=O) groups excluding carboxylic acids is 1. The number of aliphatic hydroxyl groups excluding tert-OH is 1. The van der Waals surface area contributed by atoms with E-state index in [1.165, 1.54) is 0 Å². The minimum atomic E-state index is -0.216. The summed E-state index contributed by atoms with van der Waals surface area (Å²) in [6, 6.07) is 9.79. The first kappa shape index (κ1) is 12.4. The molecule has 1 saturated carbocycles. The van der Waals surface area contributed by atoms with Gasteiger partial charge in [0.2, 0.25) is 5.91 Å². The van der Waals surface area contributed by atoms with Crippen LogP contribution in [0.25, 0.3) is 0 Å². The van der Waals surface area contributed by atoms with Gasteiger partial charge in [0, 0.05) is 12.0 Å². The Labute approximate surface area is 113 Å². The van der Waals surface area contributed by atoms with Gasteiger partial charge in [0.25, 0.3) is 0 Å². The number of amides is 1. The molecule has 100 valence electrons. The van der Waals surface area contributed by atoms with Crippen LogP contribution in [0.5, 0.6) is 0 Å². The highest BCUT2D eigenvalue weighted by Gasteiger charge is 2.59. The Bertz CT molecular complexity index is 485. The first-order chi connectivity index (χ1) is 9.27. The molecule has 0 spiro atoms. The summed E-state index contributed by atoms with van der Waals surface area (Å²) in [5.74, 6) is 0.880. The maximum Gasteiger partial charge on any atom is 0.226 e. The fraction of sp³-hybridized carbons (Fsp3) is 0.438. The van der Waals surface area contributed by atoms with Crippen molar-refractivity contribution in [1.29, 1.82) is 0 Å². The summed E-state index contributed by atoms with van der Waals surface area (Å²) in [4.78, 5) is 14.3. The molecule has 2 fully saturated rings. The number of hydrogen-bond acceptors (Lipinski definition) is 2. The standard InChI is InChI=1S/C16H19NO2/c1-2-6-14-12-9-13(12)16(19)17(14)15(10-18)11-7-4-3-5-8-11/h2-5,7-8,12-15,18H,1,6,9-10H2/t12-,13+,14+,15-/m1/s1. The van der Waals surface area contributed by atoms with Crippen LogP contribution in [0.15, 0.2) is 43.0 Å². The second kappa shape index (κ2) is 4.82. The van der Waals surface area contributed by atoms with Crippen LogP contribution in [0, 0.1) is 11.8 Å². The smallest absolute Gasteiger partial charge is 0.226 e. The number of benzene rings is 1. The van der Waals surface area contributed by atoms with E-state index in [0.29, 0.717) is 5.92 Å². The van der Waals surface area contributed by atoms with Gasteiger partial charge in [0.15, 0.2) is 0 Å². The lowest BCUT2D eigenvalue weighted by Gasteiger charge is -2.34. The molecular formula is C16H19NO2. The molecule has 1 aliphatic heterocycles. The summed E-state index contributed by atoms with van der Waals surface area (Å²) in [6.07, 6.45) is 3.71. The Morgan fingerprint density at radius 3 is 2.79 bits per heavy atom. The number of aliphatic hydroxyl groups is 1. The number of rotatable bonds is 5. The molecule has 1 N–H and O–H groups in total. The second-order valence-corrected chi connectivity index (χ2v) is 5.45. The third kappa shape index (κ3) is 1.98. The fourth-order valence-corrected chi connectivity index (χ4v) is 3.36. The minimum absolute atomic E-state index is 0.0250. The van der Waals surface area contributed by atoms with Gasteiger partial charge in [-0.15, -0.1) is 6.58 Å². The average Bonchev–Trinajstić information content (AvgIpc) is 3.18. The molecule has 1 aromatic rings. The molecule has 3 heteroatoms. The van der Waals surface area contributed by atoms with Crippen LogP contribution < -0.4 is 0 Å². The monoisotopic (exact) mass is 257 g/mol. The number of piperidine rings is 1. The van der Waals surface area contributed by atoms with Gasteiger partial charge in [-0.3, -0.25) is 4.79 Å². The summed E-state index contributed by atoms with van der Waals surface area (Å²) < 4.78 is 0. The largest absolute Gasteiger partial charge is 0.394 e. The van der Waals surface area contributed by atoms with Crippen molar-refractivity contribution in [3.8, 4) is 0 Å². The summed E-state index contributed by atoms with van der Waals surface area (Å²) in [7, 11) is 0. The topological polar surface area (TPSA) is 40.5 Å². The van der Waals surface area contributed by atoms with Gasteiger partial charge in [-0.25, -0.2) is 0 Å². The molecular weight excluding hydrogens is 238 g/mol. The lowest BCUT2D eigenvalue weighted by Crippen LogP contribution is -2.41. The molecule has 3 nitrogen and oxygen atoms in total. The molecule has 1 aromatic carbocycles. The van der Waals surface area contributed by atoms with Gasteiger partial charge in [0.05, 0.1) is 12.6 Å². The zero-order valence-electron chi connectivity index (χ0n) is 10.9. The van der Waals surface area contributed by atoms with E-state index in [0.717, 1.165) is 18.4 Å². The van der Waals surface area contributed by atoms with Crippen molar-refractivity contribution in [2.75, 3.05) is 6.61 Å². The van der Waals surface area contributed by atoms with Gasteiger partial charge in [-0.2, -0.15) is 0 Å². The minimum Gasteiger partial charge on any atom is -0.394 e. The Morgan fingerprint density at radius 1 is 1.42 bits per heavy atom. The summed E-state index contributed by atoms with van der Waals surface area (Å²) in [5, 5.41) is 9.73.